The van der Waals surface area contributed by atoms with Crippen molar-refractivity contribution in [3.05, 3.63) is 77.4 Å². The van der Waals surface area contributed by atoms with Crippen molar-refractivity contribution in [2.45, 2.75) is 32.4 Å². The highest BCUT2D eigenvalue weighted by molar-refractivity contribution is 5.95. The molecule has 0 saturated carbocycles. The summed E-state index contributed by atoms with van der Waals surface area (Å²) in [6.45, 7) is 5.43. The van der Waals surface area contributed by atoms with Gasteiger partial charge in [0.25, 0.3) is 5.91 Å². The highest BCUT2D eigenvalue weighted by Gasteiger charge is 2.30. The molecule has 0 spiro atoms. The van der Waals surface area contributed by atoms with E-state index < -0.39 is 0 Å². The summed E-state index contributed by atoms with van der Waals surface area (Å²) < 4.78 is 5.81. The van der Waals surface area contributed by atoms with Crippen LogP contribution in [-0.2, 0) is 13.0 Å². The molecule has 0 aliphatic carbocycles. The van der Waals surface area contributed by atoms with Crippen LogP contribution in [0.1, 0.15) is 40.6 Å². The topological polar surface area (TPSA) is 76.6 Å². The van der Waals surface area contributed by atoms with Gasteiger partial charge >= 0.3 is 0 Å². The minimum absolute atomic E-state index is 0.00210. The molecular weight excluding hydrogens is 414 g/mol. The Bertz CT molecular complexity index is 1200. The van der Waals surface area contributed by atoms with Gasteiger partial charge in [-0.25, -0.2) is 4.98 Å². The molecule has 2 aliphatic rings. The van der Waals surface area contributed by atoms with Gasteiger partial charge in [0.1, 0.15) is 17.6 Å². The van der Waals surface area contributed by atoms with Crippen molar-refractivity contribution in [3.63, 3.8) is 0 Å². The Kier molecular flexibility index (Phi) is 5.74. The number of hydrogen-bond donors (Lipinski definition) is 0. The number of anilines is 2. The van der Waals surface area contributed by atoms with Gasteiger partial charge < -0.3 is 19.1 Å². The molecule has 4 heterocycles. The zero-order chi connectivity index (χ0) is 22.8. The second-order valence-corrected chi connectivity index (χ2v) is 8.69. The van der Waals surface area contributed by atoms with Crippen molar-refractivity contribution in [2.24, 2.45) is 0 Å². The maximum absolute atomic E-state index is 13.5. The number of para-hydroxylation sites is 1. The summed E-state index contributed by atoms with van der Waals surface area (Å²) in [5, 5.41) is 9.42. The molecule has 0 N–H and O–H groups in total. The fraction of sp³-hybridized carbons (Fsp3) is 0.346. The first-order valence-electron chi connectivity index (χ1n) is 11.5. The Morgan fingerprint density at radius 3 is 2.91 bits per heavy atom. The lowest BCUT2D eigenvalue weighted by Gasteiger charge is -2.25. The quantitative estimate of drug-likeness (QED) is 0.612. The molecule has 0 radical (unpaired) electrons. The number of furan rings is 1. The number of nitrogens with zero attached hydrogens (tertiary/aromatic N) is 5. The van der Waals surface area contributed by atoms with Crippen LogP contribution in [0.25, 0.3) is 0 Å². The van der Waals surface area contributed by atoms with Crippen molar-refractivity contribution < 1.29 is 9.21 Å². The van der Waals surface area contributed by atoms with E-state index in [0.717, 1.165) is 19.4 Å². The van der Waals surface area contributed by atoms with Gasteiger partial charge in [0.05, 0.1) is 23.9 Å². The highest BCUT2D eigenvalue weighted by Crippen LogP contribution is 2.34. The molecule has 7 nitrogen and oxygen atoms in total. The zero-order valence-electron chi connectivity index (χ0n) is 18.8. The maximum atomic E-state index is 13.5. The normalized spacial score (nSPS) is 18.1. The van der Waals surface area contributed by atoms with E-state index in [9.17, 15) is 10.1 Å². The number of hydrogen-bond acceptors (Lipinski definition) is 6. The number of pyridine rings is 1. The summed E-state index contributed by atoms with van der Waals surface area (Å²) in [6.07, 6.45) is 5.14. The number of rotatable bonds is 4. The average Bonchev–Trinajstić information content (AvgIpc) is 3.34. The number of fused-ring (bicyclic) bond motifs is 1. The Balaban J connectivity index is 1.30. The lowest BCUT2D eigenvalue weighted by atomic mass is 10.1. The largest absolute Gasteiger partial charge is 0.467 e. The first kappa shape index (κ1) is 21.1. The van der Waals surface area contributed by atoms with E-state index in [1.165, 1.54) is 11.3 Å². The van der Waals surface area contributed by atoms with Crippen molar-refractivity contribution in [2.75, 3.05) is 36.0 Å². The number of nitriles is 1. The molecule has 7 heteroatoms. The predicted molar refractivity (Wildman–Crippen MR) is 126 cm³/mol. The van der Waals surface area contributed by atoms with Crippen molar-refractivity contribution in [3.8, 4) is 6.07 Å². The molecule has 2 aromatic heterocycles. The van der Waals surface area contributed by atoms with E-state index in [-0.39, 0.29) is 5.91 Å². The van der Waals surface area contributed by atoms with Crippen LogP contribution in [0.4, 0.5) is 11.5 Å². The number of carbonyl (C=O) groups is 1. The number of aromatic nitrogens is 1. The van der Waals surface area contributed by atoms with Crippen molar-refractivity contribution >= 4 is 17.4 Å². The van der Waals surface area contributed by atoms with Crippen LogP contribution in [0.3, 0.4) is 0 Å². The summed E-state index contributed by atoms with van der Waals surface area (Å²) in [7, 11) is 0. The minimum Gasteiger partial charge on any atom is -0.467 e. The Morgan fingerprint density at radius 1 is 1.15 bits per heavy atom. The standard InChI is InChI=1S/C26H27N5O2/c1-19-16-20-6-2-3-8-23(20)31(19)18-24-22(9-15-33-24)26(32)30-12-5-11-29(13-14-30)25-21(17-27)7-4-10-28-25/h2-4,6-10,15,19H,5,11-14,16,18H2,1H3. The van der Waals surface area contributed by atoms with Crippen LogP contribution in [-0.4, -0.2) is 48.0 Å². The van der Waals surface area contributed by atoms with Crippen molar-refractivity contribution in [1.82, 2.24) is 9.88 Å². The number of amides is 1. The third kappa shape index (κ3) is 4.05. The molecule has 1 atom stereocenters. The summed E-state index contributed by atoms with van der Waals surface area (Å²) in [6, 6.07) is 16.4. The van der Waals surface area contributed by atoms with Crippen molar-refractivity contribution in [1.29, 1.82) is 5.26 Å². The molecule has 1 aromatic carbocycles. The molecule has 168 valence electrons. The van der Waals surface area contributed by atoms with Crippen LogP contribution in [0, 0.1) is 11.3 Å². The number of carbonyl (C=O) groups excluding carboxylic acids is 1. The zero-order valence-corrected chi connectivity index (χ0v) is 18.8. The first-order valence-corrected chi connectivity index (χ1v) is 11.5. The van der Waals surface area contributed by atoms with Gasteiger partial charge in [-0.05, 0) is 49.6 Å². The lowest BCUT2D eigenvalue weighted by Crippen LogP contribution is -2.36. The fourth-order valence-electron chi connectivity index (χ4n) is 4.92. The summed E-state index contributed by atoms with van der Waals surface area (Å²) >= 11 is 0. The SMILES string of the molecule is CC1Cc2ccccc2N1Cc1occc1C(=O)N1CCCN(c2ncccc2C#N)CC1. The van der Waals surface area contributed by atoms with E-state index in [1.54, 1.807) is 30.7 Å². The summed E-state index contributed by atoms with van der Waals surface area (Å²) in [5.74, 6) is 1.41. The molecule has 1 saturated heterocycles. The second-order valence-electron chi connectivity index (χ2n) is 8.69. The Morgan fingerprint density at radius 2 is 2.03 bits per heavy atom. The third-order valence-corrected chi connectivity index (χ3v) is 6.63. The minimum atomic E-state index is 0.00210. The highest BCUT2D eigenvalue weighted by atomic mass is 16.3. The summed E-state index contributed by atoms with van der Waals surface area (Å²) in [4.78, 5) is 24.2. The molecule has 3 aromatic rings. The molecule has 1 unspecified atom stereocenters. The fourth-order valence-corrected chi connectivity index (χ4v) is 4.92. The summed E-state index contributed by atoms with van der Waals surface area (Å²) in [5.41, 5.74) is 3.75. The van der Waals surface area contributed by atoms with Crippen LogP contribution in [0.2, 0.25) is 0 Å². The van der Waals surface area contributed by atoms with Gasteiger partial charge in [0, 0.05) is 44.1 Å². The average molecular weight is 442 g/mol. The van der Waals surface area contributed by atoms with Crippen LogP contribution < -0.4 is 9.80 Å². The van der Waals surface area contributed by atoms with Gasteiger partial charge in [-0.1, -0.05) is 18.2 Å². The van der Waals surface area contributed by atoms with E-state index in [4.69, 9.17) is 4.42 Å². The lowest BCUT2D eigenvalue weighted by molar-refractivity contribution is 0.0764. The maximum Gasteiger partial charge on any atom is 0.257 e. The van der Waals surface area contributed by atoms with Gasteiger partial charge in [-0.15, -0.1) is 0 Å². The molecular formula is C26H27N5O2. The van der Waals surface area contributed by atoms with Gasteiger partial charge in [0.15, 0.2) is 0 Å². The molecule has 5 rings (SSSR count). The Hall–Kier alpha value is -3.79. The van der Waals surface area contributed by atoms with Gasteiger partial charge in [0.2, 0.25) is 0 Å². The van der Waals surface area contributed by atoms with Crippen LogP contribution >= 0.6 is 0 Å². The molecule has 0 bridgehead atoms. The molecule has 33 heavy (non-hydrogen) atoms. The van der Waals surface area contributed by atoms with E-state index in [0.29, 0.717) is 54.9 Å². The van der Waals surface area contributed by atoms with E-state index in [2.05, 4.69) is 52.0 Å². The van der Waals surface area contributed by atoms with Gasteiger partial charge in [-0.2, -0.15) is 5.26 Å². The third-order valence-electron chi connectivity index (χ3n) is 6.63. The smallest absolute Gasteiger partial charge is 0.257 e. The molecule has 1 amide bonds. The van der Waals surface area contributed by atoms with E-state index in [1.807, 2.05) is 4.90 Å². The Labute approximate surface area is 193 Å². The second kappa shape index (κ2) is 8.99. The van der Waals surface area contributed by atoms with Crippen LogP contribution in [0.15, 0.2) is 59.3 Å². The number of benzene rings is 1. The molecule has 1 fully saturated rings. The monoisotopic (exact) mass is 441 g/mol. The van der Waals surface area contributed by atoms with Gasteiger partial charge in [-0.3, -0.25) is 4.79 Å². The predicted octanol–water partition coefficient (Wildman–Crippen LogP) is 3.85. The molecule has 2 aliphatic heterocycles. The first-order chi connectivity index (χ1) is 16.2. The van der Waals surface area contributed by atoms with E-state index >= 15 is 0 Å². The van der Waals surface area contributed by atoms with Crippen LogP contribution in [0.5, 0.6) is 0 Å².